The van der Waals surface area contributed by atoms with Crippen LogP contribution < -0.4 is 4.74 Å². The number of aliphatic hydroxyl groups is 1. The fourth-order valence-corrected chi connectivity index (χ4v) is 4.18. The Morgan fingerprint density at radius 1 is 1.03 bits per heavy atom. The normalized spacial score (nSPS) is 17.4. The third kappa shape index (κ3) is 5.69. The van der Waals surface area contributed by atoms with E-state index in [1.54, 1.807) is 12.1 Å². The first-order valence-corrected chi connectivity index (χ1v) is 11.9. The molecule has 2 amide bonds. The molecule has 0 saturated carbocycles. The molecule has 7 nitrogen and oxygen atoms in total. The van der Waals surface area contributed by atoms with E-state index in [4.69, 9.17) is 9.47 Å². The third-order valence-electron chi connectivity index (χ3n) is 6.26. The van der Waals surface area contributed by atoms with Crippen LogP contribution in [0.1, 0.15) is 43.6 Å². The predicted octanol–water partition coefficient (Wildman–Crippen LogP) is 4.76. The number of amides is 2. The highest BCUT2D eigenvalue weighted by Crippen LogP contribution is 2.30. The second kappa shape index (κ2) is 10.4. The van der Waals surface area contributed by atoms with Crippen molar-refractivity contribution in [2.24, 2.45) is 0 Å². The van der Waals surface area contributed by atoms with Gasteiger partial charge in [0.2, 0.25) is 6.10 Å². The SMILES string of the molecule is CC(C)(C)c1ccc(O[C@H](C(=O)N2C(=O)OCC2Cc2ccccc2)[C@H](O)c2ccc(O)cc2)cc1. The molecule has 2 N–H and O–H groups in total. The van der Waals surface area contributed by atoms with Gasteiger partial charge in [0, 0.05) is 0 Å². The van der Waals surface area contributed by atoms with Crippen molar-refractivity contribution in [1.29, 1.82) is 0 Å². The van der Waals surface area contributed by atoms with Gasteiger partial charge in [-0.2, -0.15) is 0 Å². The lowest BCUT2D eigenvalue weighted by Gasteiger charge is -2.29. The van der Waals surface area contributed by atoms with E-state index in [1.807, 2.05) is 42.5 Å². The summed E-state index contributed by atoms with van der Waals surface area (Å²) in [6.45, 7) is 6.34. The summed E-state index contributed by atoms with van der Waals surface area (Å²) < 4.78 is 11.3. The van der Waals surface area contributed by atoms with Gasteiger partial charge in [0.25, 0.3) is 5.91 Å². The zero-order valence-corrected chi connectivity index (χ0v) is 20.6. The molecule has 0 aliphatic carbocycles. The Kier molecular flexibility index (Phi) is 7.31. The van der Waals surface area contributed by atoms with Gasteiger partial charge in [-0.1, -0.05) is 75.4 Å². The molecule has 1 heterocycles. The average Bonchev–Trinajstić information content (AvgIpc) is 3.22. The number of carbonyl (C=O) groups is 2. The number of cyclic esters (lactones) is 1. The van der Waals surface area contributed by atoms with Crippen LogP contribution in [0.4, 0.5) is 4.79 Å². The van der Waals surface area contributed by atoms with Crippen molar-refractivity contribution in [3.05, 3.63) is 95.6 Å². The highest BCUT2D eigenvalue weighted by atomic mass is 16.6. The number of phenols is 1. The monoisotopic (exact) mass is 489 g/mol. The summed E-state index contributed by atoms with van der Waals surface area (Å²) in [5.74, 6) is -0.288. The van der Waals surface area contributed by atoms with Crippen LogP contribution in [0.25, 0.3) is 0 Å². The Morgan fingerprint density at radius 2 is 1.67 bits per heavy atom. The molecule has 1 fully saturated rings. The van der Waals surface area contributed by atoms with Crippen molar-refractivity contribution < 1.29 is 29.3 Å². The number of rotatable bonds is 7. The Balaban J connectivity index is 1.64. The minimum atomic E-state index is -1.42. The van der Waals surface area contributed by atoms with E-state index in [0.717, 1.165) is 16.0 Å². The maximum Gasteiger partial charge on any atom is 0.417 e. The van der Waals surface area contributed by atoms with E-state index < -0.39 is 30.3 Å². The predicted molar refractivity (Wildman–Crippen MR) is 135 cm³/mol. The van der Waals surface area contributed by atoms with Crippen molar-refractivity contribution in [2.75, 3.05) is 6.61 Å². The number of ether oxygens (including phenoxy) is 2. The summed E-state index contributed by atoms with van der Waals surface area (Å²) in [5.41, 5.74) is 2.34. The van der Waals surface area contributed by atoms with Crippen LogP contribution in [0.5, 0.6) is 11.5 Å². The van der Waals surface area contributed by atoms with E-state index in [2.05, 4.69) is 20.8 Å². The molecule has 7 heteroatoms. The average molecular weight is 490 g/mol. The van der Waals surface area contributed by atoms with Crippen LogP contribution in [0.2, 0.25) is 0 Å². The van der Waals surface area contributed by atoms with E-state index in [1.165, 1.54) is 24.3 Å². The van der Waals surface area contributed by atoms with Gasteiger partial charge in [-0.3, -0.25) is 4.79 Å². The maximum absolute atomic E-state index is 13.8. The first-order valence-electron chi connectivity index (χ1n) is 11.9. The van der Waals surface area contributed by atoms with Gasteiger partial charge in [0.1, 0.15) is 24.2 Å². The summed E-state index contributed by atoms with van der Waals surface area (Å²) in [4.78, 5) is 27.5. The first-order chi connectivity index (χ1) is 17.1. The van der Waals surface area contributed by atoms with Gasteiger partial charge in [0.15, 0.2) is 0 Å². The molecule has 3 aromatic carbocycles. The molecule has 4 rings (SSSR count). The number of hydrogen-bond donors (Lipinski definition) is 2. The lowest BCUT2D eigenvalue weighted by atomic mass is 9.87. The summed E-state index contributed by atoms with van der Waals surface area (Å²) in [6.07, 6.45) is -3.17. The molecule has 188 valence electrons. The number of carbonyl (C=O) groups excluding carboxylic acids is 2. The molecule has 0 aromatic heterocycles. The Bertz CT molecular complexity index is 1190. The minimum absolute atomic E-state index is 0.0264. The standard InChI is InChI=1S/C29H31NO6/c1-29(2,3)21-11-15-24(16-12-21)36-26(25(32)20-9-13-23(31)14-10-20)27(33)30-22(18-35-28(30)34)17-19-7-5-4-6-8-19/h4-16,22,25-26,31-32H,17-18H2,1-3H3/t22?,25-,26+/m1/s1. The van der Waals surface area contributed by atoms with E-state index in [9.17, 15) is 19.8 Å². The van der Waals surface area contributed by atoms with Crippen molar-refractivity contribution in [3.63, 3.8) is 0 Å². The van der Waals surface area contributed by atoms with E-state index in [-0.39, 0.29) is 17.8 Å². The lowest BCUT2D eigenvalue weighted by molar-refractivity contribution is -0.142. The van der Waals surface area contributed by atoms with Gasteiger partial charge in [-0.15, -0.1) is 0 Å². The van der Waals surface area contributed by atoms with Crippen LogP contribution in [0.3, 0.4) is 0 Å². The molecule has 3 atom stereocenters. The highest BCUT2D eigenvalue weighted by molar-refractivity contribution is 5.96. The summed E-state index contributed by atoms with van der Waals surface area (Å²) in [6, 6.07) is 22.1. The maximum atomic E-state index is 13.8. The van der Waals surface area contributed by atoms with Crippen molar-refractivity contribution in [3.8, 4) is 11.5 Å². The van der Waals surface area contributed by atoms with Gasteiger partial charge < -0.3 is 19.7 Å². The van der Waals surface area contributed by atoms with Gasteiger partial charge in [-0.05, 0) is 52.8 Å². The Labute approximate surface area is 210 Å². The number of benzene rings is 3. The van der Waals surface area contributed by atoms with Gasteiger partial charge in [0.05, 0.1) is 6.04 Å². The number of nitrogens with zero attached hydrogens (tertiary/aromatic N) is 1. The molecule has 3 aromatic rings. The Morgan fingerprint density at radius 3 is 2.28 bits per heavy atom. The molecule has 1 aliphatic heterocycles. The largest absolute Gasteiger partial charge is 0.508 e. The molecule has 0 radical (unpaired) electrons. The smallest absolute Gasteiger partial charge is 0.417 e. The quantitative estimate of drug-likeness (QED) is 0.497. The molecular formula is C29H31NO6. The van der Waals surface area contributed by atoms with Crippen LogP contribution in [-0.4, -0.2) is 45.9 Å². The van der Waals surface area contributed by atoms with E-state index >= 15 is 0 Å². The number of imide groups is 1. The van der Waals surface area contributed by atoms with Crippen LogP contribution in [0.15, 0.2) is 78.9 Å². The Hall–Kier alpha value is -3.84. The van der Waals surface area contributed by atoms with Crippen LogP contribution in [-0.2, 0) is 21.4 Å². The summed E-state index contributed by atoms with van der Waals surface area (Å²) in [7, 11) is 0. The van der Waals surface area contributed by atoms with Crippen molar-refractivity contribution in [2.45, 2.75) is 50.9 Å². The van der Waals surface area contributed by atoms with Crippen LogP contribution >= 0.6 is 0 Å². The zero-order chi connectivity index (χ0) is 25.9. The minimum Gasteiger partial charge on any atom is -0.508 e. The number of phenolic OH excluding ortho intramolecular Hbond substituents is 1. The topological polar surface area (TPSA) is 96.3 Å². The van der Waals surface area contributed by atoms with Gasteiger partial charge >= 0.3 is 6.09 Å². The fourth-order valence-electron chi connectivity index (χ4n) is 4.18. The molecule has 0 bridgehead atoms. The highest BCUT2D eigenvalue weighted by Gasteiger charge is 2.44. The van der Waals surface area contributed by atoms with Crippen LogP contribution in [0, 0.1) is 0 Å². The zero-order valence-electron chi connectivity index (χ0n) is 20.6. The molecule has 36 heavy (non-hydrogen) atoms. The van der Waals surface area contributed by atoms with Crippen molar-refractivity contribution in [1.82, 2.24) is 4.90 Å². The molecule has 1 aliphatic rings. The molecule has 1 saturated heterocycles. The number of aliphatic hydroxyl groups excluding tert-OH is 1. The third-order valence-corrected chi connectivity index (χ3v) is 6.26. The summed E-state index contributed by atoms with van der Waals surface area (Å²) >= 11 is 0. The molecular weight excluding hydrogens is 458 g/mol. The number of aromatic hydroxyl groups is 1. The van der Waals surface area contributed by atoms with Gasteiger partial charge in [-0.25, -0.2) is 9.69 Å². The molecule has 0 spiro atoms. The second-order valence-corrected chi connectivity index (χ2v) is 9.98. The van der Waals surface area contributed by atoms with E-state index in [0.29, 0.717) is 17.7 Å². The first kappa shape index (κ1) is 25.3. The number of hydrogen-bond acceptors (Lipinski definition) is 6. The summed E-state index contributed by atoms with van der Waals surface area (Å²) in [5, 5.41) is 20.8. The fraction of sp³-hybridized carbons (Fsp3) is 0.310. The second-order valence-electron chi connectivity index (χ2n) is 9.98. The van der Waals surface area contributed by atoms with Crippen molar-refractivity contribution >= 4 is 12.0 Å². The lowest BCUT2D eigenvalue weighted by Crippen LogP contribution is -2.49. The molecule has 1 unspecified atom stereocenters.